The minimum atomic E-state index is -0.638. The van der Waals surface area contributed by atoms with Crippen LogP contribution in [-0.4, -0.2) is 47.8 Å². The average Bonchev–Trinajstić information content (AvgIpc) is 2.56. The van der Waals surface area contributed by atoms with E-state index in [2.05, 4.69) is 0 Å². The van der Waals surface area contributed by atoms with Gasteiger partial charge in [-0.05, 0) is 25.5 Å². The second-order valence-corrected chi connectivity index (χ2v) is 5.44. The summed E-state index contributed by atoms with van der Waals surface area (Å²) < 4.78 is 5.82. The number of imide groups is 2. The highest BCUT2D eigenvalue weighted by molar-refractivity contribution is 6.30. The molecule has 0 unspecified atom stereocenters. The van der Waals surface area contributed by atoms with Crippen molar-refractivity contribution in [3.63, 3.8) is 0 Å². The van der Waals surface area contributed by atoms with Crippen molar-refractivity contribution in [1.29, 1.82) is 0 Å². The van der Waals surface area contributed by atoms with Gasteiger partial charge in [-0.25, -0.2) is 4.79 Å². The van der Waals surface area contributed by atoms with E-state index in [0.717, 1.165) is 16.2 Å². The zero-order chi connectivity index (χ0) is 17.1. The summed E-state index contributed by atoms with van der Waals surface area (Å²) in [6.45, 7) is 3.95. The molecule has 0 aliphatic carbocycles. The molecule has 1 atom stereocenters. The molecule has 4 amide bonds. The number of para-hydroxylation sites is 1. The van der Waals surface area contributed by atoms with Gasteiger partial charge in [0.25, 0.3) is 11.8 Å². The third-order valence-corrected chi connectivity index (χ3v) is 3.77. The van der Waals surface area contributed by atoms with Gasteiger partial charge in [-0.15, -0.1) is 0 Å². The highest BCUT2D eigenvalue weighted by Gasteiger charge is 2.37. The van der Waals surface area contributed by atoms with Crippen LogP contribution in [0.3, 0.4) is 0 Å². The second-order valence-electron chi connectivity index (χ2n) is 5.44. The van der Waals surface area contributed by atoms with Crippen molar-refractivity contribution in [2.75, 3.05) is 14.1 Å². The van der Waals surface area contributed by atoms with Gasteiger partial charge in [0.1, 0.15) is 11.3 Å². The standard InChI is InChI=1S/C17H20N2O4/c1-5-11(2)23-14-9-7-6-8-12(14)10-13-15(20)18(3)17(22)19(4)16(13)21/h6-11H,5H2,1-4H3/t11-/m0/s1. The number of amides is 4. The van der Waals surface area contributed by atoms with Gasteiger partial charge in [-0.3, -0.25) is 19.4 Å². The molecule has 6 heteroatoms. The molecule has 1 aromatic carbocycles. The van der Waals surface area contributed by atoms with Crippen LogP contribution in [0.5, 0.6) is 5.75 Å². The summed E-state index contributed by atoms with van der Waals surface area (Å²) in [4.78, 5) is 38.1. The van der Waals surface area contributed by atoms with Crippen LogP contribution in [0.2, 0.25) is 0 Å². The lowest BCUT2D eigenvalue weighted by Crippen LogP contribution is -2.52. The molecule has 1 heterocycles. The highest BCUT2D eigenvalue weighted by Crippen LogP contribution is 2.25. The van der Waals surface area contributed by atoms with Crippen molar-refractivity contribution in [2.24, 2.45) is 0 Å². The van der Waals surface area contributed by atoms with E-state index in [9.17, 15) is 14.4 Å². The molecule has 0 radical (unpaired) electrons. The van der Waals surface area contributed by atoms with E-state index >= 15 is 0 Å². The fourth-order valence-corrected chi connectivity index (χ4v) is 2.14. The number of urea groups is 1. The smallest absolute Gasteiger partial charge is 0.333 e. The van der Waals surface area contributed by atoms with Gasteiger partial charge in [-0.2, -0.15) is 0 Å². The molecule has 0 spiro atoms. The van der Waals surface area contributed by atoms with Crippen LogP contribution in [-0.2, 0) is 9.59 Å². The van der Waals surface area contributed by atoms with Crippen LogP contribution >= 0.6 is 0 Å². The van der Waals surface area contributed by atoms with E-state index in [4.69, 9.17) is 4.74 Å². The molecule has 23 heavy (non-hydrogen) atoms. The number of ether oxygens (including phenoxy) is 1. The Hall–Kier alpha value is -2.63. The van der Waals surface area contributed by atoms with Crippen molar-refractivity contribution in [2.45, 2.75) is 26.4 Å². The first-order valence-electron chi connectivity index (χ1n) is 7.44. The number of rotatable bonds is 4. The largest absolute Gasteiger partial charge is 0.490 e. The minimum Gasteiger partial charge on any atom is -0.490 e. The second kappa shape index (κ2) is 6.64. The number of barbiturate groups is 1. The first-order valence-corrected chi connectivity index (χ1v) is 7.44. The molecule has 6 nitrogen and oxygen atoms in total. The SMILES string of the molecule is CC[C@H](C)Oc1ccccc1C=C1C(=O)N(C)C(=O)N(C)C1=O. The van der Waals surface area contributed by atoms with Crippen molar-refractivity contribution in [3.05, 3.63) is 35.4 Å². The lowest BCUT2D eigenvalue weighted by Gasteiger charge is -2.29. The molecule has 1 aromatic rings. The summed E-state index contributed by atoms with van der Waals surface area (Å²) in [7, 11) is 2.70. The lowest BCUT2D eigenvalue weighted by molar-refractivity contribution is -0.134. The van der Waals surface area contributed by atoms with Crippen LogP contribution in [0.1, 0.15) is 25.8 Å². The van der Waals surface area contributed by atoms with Gasteiger partial charge in [0.05, 0.1) is 6.10 Å². The Labute approximate surface area is 135 Å². The normalized spacial score (nSPS) is 16.7. The summed E-state index contributed by atoms with van der Waals surface area (Å²) in [6.07, 6.45) is 2.32. The number of carbonyl (C=O) groups excluding carboxylic acids is 3. The molecule has 0 bridgehead atoms. The van der Waals surface area contributed by atoms with E-state index < -0.39 is 17.8 Å². The zero-order valence-corrected chi connectivity index (χ0v) is 13.7. The maximum atomic E-state index is 12.2. The van der Waals surface area contributed by atoms with E-state index in [1.807, 2.05) is 19.9 Å². The van der Waals surface area contributed by atoms with Crippen LogP contribution in [0, 0.1) is 0 Å². The van der Waals surface area contributed by atoms with Crippen LogP contribution in [0.25, 0.3) is 6.08 Å². The zero-order valence-electron chi connectivity index (χ0n) is 13.7. The fourth-order valence-electron chi connectivity index (χ4n) is 2.14. The average molecular weight is 316 g/mol. The number of carbonyl (C=O) groups is 3. The molecule has 2 rings (SSSR count). The number of benzene rings is 1. The van der Waals surface area contributed by atoms with Crippen LogP contribution in [0.4, 0.5) is 4.79 Å². The summed E-state index contributed by atoms with van der Waals surface area (Å²) in [5.74, 6) is -0.634. The highest BCUT2D eigenvalue weighted by atomic mass is 16.5. The summed E-state index contributed by atoms with van der Waals surface area (Å²) in [6, 6.07) is 6.54. The molecule has 122 valence electrons. The molecular formula is C17H20N2O4. The van der Waals surface area contributed by atoms with Gasteiger partial charge in [0.2, 0.25) is 0 Å². The van der Waals surface area contributed by atoms with E-state index in [0.29, 0.717) is 11.3 Å². The number of hydrogen-bond acceptors (Lipinski definition) is 4. The van der Waals surface area contributed by atoms with Crippen molar-refractivity contribution < 1.29 is 19.1 Å². The number of nitrogens with zero attached hydrogens (tertiary/aromatic N) is 2. The maximum absolute atomic E-state index is 12.2. The Balaban J connectivity index is 2.43. The summed E-state index contributed by atoms with van der Waals surface area (Å²) >= 11 is 0. The predicted molar refractivity (Wildman–Crippen MR) is 85.7 cm³/mol. The lowest BCUT2D eigenvalue weighted by atomic mass is 10.1. The van der Waals surface area contributed by atoms with E-state index in [1.54, 1.807) is 18.2 Å². The van der Waals surface area contributed by atoms with Gasteiger partial charge in [0, 0.05) is 19.7 Å². The van der Waals surface area contributed by atoms with Gasteiger partial charge >= 0.3 is 6.03 Å². The molecule has 1 saturated heterocycles. The fraction of sp³-hybridized carbons (Fsp3) is 0.353. The van der Waals surface area contributed by atoms with Crippen molar-refractivity contribution in [1.82, 2.24) is 9.80 Å². The Morgan fingerprint density at radius 1 is 1.09 bits per heavy atom. The molecule has 0 saturated carbocycles. The van der Waals surface area contributed by atoms with E-state index in [1.165, 1.54) is 20.2 Å². The van der Waals surface area contributed by atoms with E-state index in [-0.39, 0.29) is 11.7 Å². The van der Waals surface area contributed by atoms with Crippen LogP contribution < -0.4 is 4.74 Å². The van der Waals surface area contributed by atoms with Gasteiger partial charge in [0.15, 0.2) is 0 Å². The first-order chi connectivity index (χ1) is 10.9. The quantitative estimate of drug-likeness (QED) is 0.631. The molecule has 1 aliphatic heterocycles. The summed E-state index contributed by atoms with van der Waals surface area (Å²) in [5, 5.41) is 0. The molecule has 0 aromatic heterocycles. The first kappa shape index (κ1) is 16.7. The van der Waals surface area contributed by atoms with Gasteiger partial charge < -0.3 is 4.74 Å². The Morgan fingerprint density at radius 3 is 2.22 bits per heavy atom. The minimum absolute atomic E-state index is 0.0132. The third-order valence-electron chi connectivity index (χ3n) is 3.77. The molecule has 1 aliphatic rings. The molecule has 0 N–H and O–H groups in total. The van der Waals surface area contributed by atoms with Gasteiger partial charge in [-0.1, -0.05) is 25.1 Å². The maximum Gasteiger partial charge on any atom is 0.333 e. The number of hydrogen-bond donors (Lipinski definition) is 0. The monoisotopic (exact) mass is 316 g/mol. The predicted octanol–water partition coefficient (Wildman–Crippen LogP) is 2.30. The Bertz CT molecular complexity index is 655. The Morgan fingerprint density at radius 2 is 1.65 bits per heavy atom. The summed E-state index contributed by atoms with van der Waals surface area (Å²) in [5.41, 5.74) is 0.565. The van der Waals surface area contributed by atoms with Crippen molar-refractivity contribution in [3.8, 4) is 5.75 Å². The van der Waals surface area contributed by atoms with Crippen LogP contribution in [0.15, 0.2) is 29.8 Å². The third kappa shape index (κ3) is 3.26. The number of likely N-dealkylation sites (N-methyl/N-ethyl adjacent to an activating group) is 2. The molecule has 1 fully saturated rings. The molecular weight excluding hydrogens is 296 g/mol. The Kier molecular flexibility index (Phi) is 4.83. The van der Waals surface area contributed by atoms with Crippen molar-refractivity contribution >= 4 is 23.9 Å². The topological polar surface area (TPSA) is 66.9 Å².